The number of likely N-dealkylation sites (N-methyl/N-ethyl adjacent to an activating group) is 1. The molecule has 2 aliphatic heterocycles. The first-order chi connectivity index (χ1) is 12.6. The largest absolute Gasteiger partial charge is 0.353 e. The van der Waals surface area contributed by atoms with E-state index in [0.717, 1.165) is 63.2 Å². The predicted molar refractivity (Wildman–Crippen MR) is 103 cm³/mol. The number of rotatable bonds is 2. The monoisotopic (exact) mass is 353 g/mol. The zero-order chi connectivity index (χ0) is 18.1. The van der Waals surface area contributed by atoms with E-state index < -0.39 is 0 Å². The highest BCUT2D eigenvalue weighted by atomic mass is 15.3. The van der Waals surface area contributed by atoms with Crippen LogP contribution in [0.2, 0.25) is 0 Å². The van der Waals surface area contributed by atoms with Crippen molar-refractivity contribution in [3.05, 3.63) is 35.5 Å². The molecule has 0 unspecified atom stereocenters. The summed E-state index contributed by atoms with van der Waals surface area (Å²) in [5, 5.41) is 0. The van der Waals surface area contributed by atoms with E-state index in [9.17, 15) is 0 Å². The van der Waals surface area contributed by atoms with Gasteiger partial charge in [-0.15, -0.1) is 0 Å². The second kappa shape index (κ2) is 7.15. The summed E-state index contributed by atoms with van der Waals surface area (Å²) in [5.41, 5.74) is 2.50. The maximum Gasteiger partial charge on any atom is 0.225 e. The molecule has 2 aromatic rings. The van der Waals surface area contributed by atoms with Gasteiger partial charge >= 0.3 is 0 Å². The fraction of sp³-hybridized carbons (Fsp3) is 0.579. The maximum absolute atomic E-state index is 4.86. The lowest BCUT2D eigenvalue weighted by Gasteiger charge is -2.39. The van der Waals surface area contributed by atoms with Crippen LogP contribution in [-0.4, -0.2) is 70.6 Å². The highest BCUT2D eigenvalue weighted by Crippen LogP contribution is 2.27. The highest BCUT2D eigenvalue weighted by molar-refractivity contribution is 5.52. The summed E-state index contributed by atoms with van der Waals surface area (Å²) in [7, 11) is 2.20. The molecule has 7 heteroatoms. The lowest BCUT2D eigenvalue weighted by molar-refractivity contribution is 0.233. The van der Waals surface area contributed by atoms with Gasteiger partial charge in [0.1, 0.15) is 11.6 Å². The standard InChI is InChI=1S/C19H27N7/c1-14-13-26(12-11-24(14)3)18-16-5-9-25(19-20-7-4-8-21-19)10-6-17(16)22-15(2)23-18/h4,7-8,14H,5-6,9-13H2,1-3H3/t14-/m1/s1. The highest BCUT2D eigenvalue weighted by Gasteiger charge is 2.27. The van der Waals surface area contributed by atoms with Gasteiger partial charge in [0.25, 0.3) is 0 Å². The fourth-order valence-corrected chi connectivity index (χ4v) is 3.86. The number of aryl methyl sites for hydroxylation is 1. The molecule has 7 nitrogen and oxygen atoms in total. The van der Waals surface area contributed by atoms with Gasteiger partial charge in [-0.05, 0) is 33.4 Å². The SMILES string of the molecule is Cc1nc2c(c(N3CCN(C)[C@H](C)C3)n1)CCN(c1ncccn1)CC2. The van der Waals surface area contributed by atoms with Crippen molar-refractivity contribution in [3.63, 3.8) is 0 Å². The van der Waals surface area contributed by atoms with Crippen LogP contribution in [0, 0.1) is 6.92 Å². The maximum atomic E-state index is 4.86. The molecule has 2 aromatic heterocycles. The number of piperazine rings is 1. The van der Waals surface area contributed by atoms with Crippen LogP contribution >= 0.6 is 0 Å². The Labute approximate surface area is 155 Å². The van der Waals surface area contributed by atoms with Crippen molar-refractivity contribution in [1.82, 2.24) is 24.8 Å². The molecule has 4 heterocycles. The molecular formula is C19H27N7. The zero-order valence-corrected chi connectivity index (χ0v) is 15.9. The van der Waals surface area contributed by atoms with Gasteiger partial charge in [0, 0.05) is 63.1 Å². The molecule has 0 spiro atoms. The first kappa shape index (κ1) is 17.1. The second-order valence-electron chi connectivity index (χ2n) is 7.33. The lowest BCUT2D eigenvalue weighted by Crippen LogP contribution is -2.50. The molecule has 138 valence electrons. The van der Waals surface area contributed by atoms with Crippen molar-refractivity contribution in [1.29, 1.82) is 0 Å². The Morgan fingerprint density at radius 1 is 0.962 bits per heavy atom. The van der Waals surface area contributed by atoms with Crippen molar-refractivity contribution in [2.45, 2.75) is 32.7 Å². The van der Waals surface area contributed by atoms with Crippen molar-refractivity contribution >= 4 is 11.8 Å². The normalized spacial score (nSPS) is 21.4. The van der Waals surface area contributed by atoms with Crippen LogP contribution in [0.25, 0.3) is 0 Å². The Balaban J connectivity index is 1.61. The van der Waals surface area contributed by atoms with Crippen molar-refractivity contribution in [3.8, 4) is 0 Å². The smallest absolute Gasteiger partial charge is 0.225 e. The minimum Gasteiger partial charge on any atom is -0.353 e. The number of hydrogen-bond acceptors (Lipinski definition) is 7. The van der Waals surface area contributed by atoms with Crippen LogP contribution in [-0.2, 0) is 12.8 Å². The van der Waals surface area contributed by atoms with E-state index in [2.05, 4.69) is 38.6 Å². The van der Waals surface area contributed by atoms with Crippen LogP contribution < -0.4 is 9.80 Å². The van der Waals surface area contributed by atoms with E-state index in [4.69, 9.17) is 9.97 Å². The summed E-state index contributed by atoms with van der Waals surface area (Å²) in [6, 6.07) is 2.40. The third-order valence-corrected chi connectivity index (χ3v) is 5.53. The van der Waals surface area contributed by atoms with E-state index in [0.29, 0.717) is 6.04 Å². The van der Waals surface area contributed by atoms with Crippen LogP contribution in [0.1, 0.15) is 24.0 Å². The van der Waals surface area contributed by atoms with Gasteiger partial charge in [0.2, 0.25) is 5.95 Å². The topological polar surface area (TPSA) is 61.3 Å². The molecule has 26 heavy (non-hydrogen) atoms. The van der Waals surface area contributed by atoms with Gasteiger partial charge < -0.3 is 14.7 Å². The van der Waals surface area contributed by atoms with Gasteiger partial charge in [-0.1, -0.05) is 0 Å². The Morgan fingerprint density at radius 3 is 2.50 bits per heavy atom. The molecule has 0 radical (unpaired) electrons. The molecule has 0 N–H and O–H groups in total. The quantitative estimate of drug-likeness (QED) is 0.807. The van der Waals surface area contributed by atoms with Crippen molar-refractivity contribution in [2.24, 2.45) is 0 Å². The van der Waals surface area contributed by atoms with Crippen LogP contribution in [0.4, 0.5) is 11.8 Å². The molecule has 0 aliphatic carbocycles. The Kier molecular flexibility index (Phi) is 4.72. The van der Waals surface area contributed by atoms with Crippen LogP contribution in [0.3, 0.4) is 0 Å². The van der Waals surface area contributed by atoms with Gasteiger partial charge in [0.15, 0.2) is 0 Å². The van der Waals surface area contributed by atoms with Gasteiger partial charge in [-0.3, -0.25) is 0 Å². The molecule has 0 amide bonds. The summed E-state index contributed by atoms with van der Waals surface area (Å²) >= 11 is 0. The average molecular weight is 353 g/mol. The Bertz CT molecular complexity index is 764. The molecule has 1 atom stereocenters. The Hall–Kier alpha value is -2.28. The summed E-state index contributed by atoms with van der Waals surface area (Å²) in [6.07, 6.45) is 5.46. The van der Waals surface area contributed by atoms with Gasteiger partial charge in [-0.2, -0.15) is 0 Å². The summed E-state index contributed by atoms with van der Waals surface area (Å²) < 4.78 is 0. The molecule has 4 rings (SSSR count). The van der Waals surface area contributed by atoms with E-state index >= 15 is 0 Å². The zero-order valence-electron chi connectivity index (χ0n) is 15.9. The molecular weight excluding hydrogens is 326 g/mol. The van der Waals surface area contributed by atoms with Gasteiger partial charge in [0.05, 0.1) is 5.69 Å². The second-order valence-corrected chi connectivity index (χ2v) is 7.33. The van der Waals surface area contributed by atoms with Crippen LogP contribution in [0.15, 0.2) is 18.5 Å². The molecule has 2 aliphatic rings. The molecule has 1 fully saturated rings. The van der Waals surface area contributed by atoms with Gasteiger partial charge in [-0.25, -0.2) is 19.9 Å². The lowest BCUT2D eigenvalue weighted by atomic mass is 10.1. The van der Waals surface area contributed by atoms with E-state index in [-0.39, 0.29) is 0 Å². The van der Waals surface area contributed by atoms with E-state index in [1.807, 2.05) is 13.0 Å². The number of nitrogens with zero attached hydrogens (tertiary/aromatic N) is 7. The first-order valence-corrected chi connectivity index (χ1v) is 9.45. The predicted octanol–water partition coefficient (Wildman–Crippen LogP) is 1.32. The first-order valence-electron chi connectivity index (χ1n) is 9.45. The summed E-state index contributed by atoms with van der Waals surface area (Å²) in [6.45, 7) is 9.20. The van der Waals surface area contributed by atoms with E-state index in [1.165, 1.54) is 11.3 Å². The number of hydrogen-bond donors (Lipinski definition) is 0. The van der Waals surface area contributed by atoms with Crippen LogP contribution in [0.5, 0.6) is 0 Å². The molecule has 0 aromatic carbocycles. The summed E-state index contributed by atoms with van der Waals surface area (Å²) in [4.78, 5) is 25.6. The van der Waals surface area contributed by atoms with Crippen molar-refractivity contribution < 1.29 is 0 Å². The summed E-state index contributed by atoms with van der Waals surface area (Å²) in [5.74, 6) is 2.82. The third-order valence-electron chi connectivity index (χ3n) is 5.53. The minimum atomic E-state index is 0.537. The number of aromatic nitrogens is 4. The fourth-order valence-electron chi connectivity index (χ4n) is 3.86. The average Bonchev–Trinajstić information content (AvgIpc) is 2.87. The Morgan fingerprint density at radius 2 is 1.73 bits per heavy atom. The molecule has 0 saturated carbocycles. The minimum absolute atomic E-state index is 0.537. The molecule has 0 bridgehead atoms. The van der Waals surface area contributed by atoms with Crippen molar-refractivity contribution in [2.75, 3.05) is 49.6 Å². The van der Waals surface area contributed by atoms with E-state index in [1.54, 1.807) is 12.4 Å². The third kappa shape index (κ3) is 3.35. The molecule has 1 saturated heterocycles. The number of fused-ring (bicyclic) bond motifs is 1. The number of anilines is 2.